The predicted octanol–water partition coefficient (Wildman–Crippen LogP) is 6.93. The van der Waals surface area contributed by atoms with Gasteiger partial charge in [0.05, 0.1) is 23.5 Å². The van der Waals surface area contributed by atoms with E-state index in [4.69, 9.17) is 4.74 Å². The summed E-state index contributed by atoms with van der Waals surface area (Å²) in [6.07, 6.45) is 8.10. The second-order valence-corrected chi connectivity index (χ2v) is 11.0. The molecular formula is C29H25BrNO3S2+. The number of thiophene rings is 1. The number of pyridine rings is 1. The minimum absolute atomic E-state index is 0.0274. The molecule has 36 heavy (non-hydrogen) atoms. The Labute approximate surface area is 227 Å². The van der Waals surface area contributed by atoms with Crippen LogP contribution in [0.25, 0.3) is 11.8 Å². The zero-order valence-electron chi connectivity index (χ0n) is 19.7. The van der Waals surface area contributed by atoms with Crippen molar-refractivity contribution in [2.75, 3.05) is 12.4 Å². The van der Waals surface area contributed by atoms with E-state index in [1.807, 2.05) is 65.5 Å². The molecule has 0 atom stereocenters. The maximum Gasteiger partial charge on any atom is 0.310 e. The Kier molecular flexibility index (Phi) is 9.28. The minimum atomic E-state index is -0.349. The molecular weight excluding hydrogens is 554 g/mol. The van der Waals surface area contributed by atoms with Crippen molar-refractivity contribution in [3.05, 3.63) is 117 Å². The van der Waals surface area contributed by atoms with Gasteiger partial charge in [-0.05, 0) is 36.8 Å². The van der Waals surface area contributed by atoms with Gasteiger partial charge in [-0.15, -0.1) is 23.1 Å². The van der Waals surface area contributed by atoms with E-state index in [0.29, 0.717) is 22.6 Å². The largest absolute Gasteiger partial charge is 0.466 e. The fraction of sp³-hybridized carbons (Fsp3) is 0.138. The third-order valence-electron chi connectivity index (χ3n) is 5.28. The smallest absolute Gasteiger partial charge is 0.310 e. The minimum Gasteiger partial charge on any atom is -0.466 e. The van der Waals surface area contributed by atoms with Crippen molar-refractivity contribution in [2.45, 2.75) is 17.6 Å². The van der Waals surface area contributed by atoms with Crippen LogP contribution in [0.15, 0.2) is 99.9 Å². The highest BCUT2D eigenvalue weighted by Gasteiger charge is 2.31. The number of carbonyl (C=O) groups excluding carboxylic acids is 2. The standard InChI is InChI=1S/C29H25BrNO3S2/c1-2-34-25(32)20-24-26(31-17-7-4-8-18-31)29(35-19-9-12-21-10-5-3-6-11-21)36-28(24)27(33)22-13-15-23(30)16-14-22/h3-18H,2,19-20H2,1H3/q+1/b12-9+. The average molecular weight is 580 g/mol. The van der Waals surface area contributed by atoms with E-state index in [0.717, 1.165) is 25.7 Å². The molecule has 4 aromatic rings. The van der Waals surface area contributed by atoms with Crippen LogP contribution in [0.1, 0.15) is 33.3 Å². The number of esters is 1. The number of hydrogen-bond donors (Lipinski definition) is 0. The van der Waals surface area contributed by atoms with Gasteiger partial charge in [0.25, 0.3) is 0 Å². The van der Waals surface area contributed by atoms with E-state index >= 15 is 0 Å². The lowest BCUT2D eigenvalue weighted by Crippen LogP contribution is -2.31. The summed E-state index contributed by atoms with van der Waals surface area (Å²) in [7, 11) is 0. The molecule has 0 saturated heterocycles. The summed E-state index contributed by atoms with van der Waals surface area (Å²) >= 11 is 6.51. The van der Waals surface area contributed by atoms with Crippen molar-refractivity contribution >= 4 is 56.9 Å². The number of nitrogens with zero attached hydrogens (tertiary/aromatic N) is 1. The van der Waals surface area contributed by atoms with Crippen molar-refractivity contribution in [3.8, 4) is 5.69 Å². The molecule has 2 aromatic carbocycles. The predicted molar refractivity (Wildman–Crippen MR) is 150 cm³/mol. The van der Waals surface area contributed by atoms with Gasteiger partial charge in [-0.25, -0.2) is 0 Å². The summed E-state index contributed by atoms with van der Waals surface area (Å²) in [6.45, 7) is 2.07. The number of benzene rings is 2. The van der Waals surface area contributed by atoms with Crippen LogP contribution < -0.4 is 4.57 Å². The Bertz CT molecular complexity index is 1350. The van der Waals surface area contributed by atoms with Gasteiger partial charge in [-0.2, -0.15) is 4.57 Å². The fourth-order valence-electron chi connectivity index (χ4n) is 3.65. The molecule has 0 aliphatic rings. The number of rotatable bonds is 10. The molecule has 0 fully saturated rings. The van der Waals surface area contributed by atoms with Crippen LogP contribution in [0.2, 0.25) is 0 Å². The van der Waals surface area contributed by atoms with Crippen LogP contribution >= 0.6 is 39.0 Å². The Hall–Kier alpha value is -3.00. The van der Waals surface area contributed by atoms with Crippen molar-refractivity contribution in [3.63, 3.8) is 0 Å². The summed E-state index contributed by atoms with van der Waals surface area (Å²) in [4.78, 5) is 26.8. The molecule has 2 aromatic heterocycles. The monoisotopic (exact) mass is 578 g/mol. The van der Waals surface area contributed by atoms with Crippen molar-refractivity contribution in [1.29, 1.82) is 0 Å². The van der Waals surface area contributed by atoms with Gasteiger partial charge in [0, 0.05) is 27.9 Å². The topological polar surface area (TPSA) is 47.3 Å². The number of hydrogen-bond acceptors (Lipinski definition) is 5. The van der Waals surface area contributed by atoms with Gasteiger partial charge in [-0.1, -0.05) is 64.5 Å². The van der Waals surface area contributed by atoms with Crippen LogP contribution in [0.5, 0.6) is 0 Å². The van der Waals surface area contributed by atoms with Crippen LogP contribution in [-0.4, -0.2) is 24.1 Å². The summed E-state index contributed by atoms with van der Waals surface area (Å²) in [5, 5.41) is 0. The first kappa shape index (κ1) is 26.1. The van der Waals surface area contributed by atoms with Crippen molar-refractivity contribution < 1.29 is 18.9 Å². The highest BCUT2D eigenvalue weighted by molar-refractivity contribution is 9.10. The lowest BCUT2D eigenvalue weighted by Gasteiger charge is -2.05. The molecule has 182 valence electrons. The number of thioether (sulfide) groups is 1. The van der Waals surface area contributed by atoms with Gasteiger partial charge < -0.3 is 4.74 Å². The number of carbonyl (C=O) groups is 2. The molecule has 0 aliphatic heterocycles. The van der Waals surface area contributed by atoms with Gasteiger partial charge in [-0.3, -0.25) is 9.59 Å². The van der Waals surface area contributed by atoms with E-state index in [-0.39, 0.29) is 18.2 Å². The van der Waals surface area contributed by atoms with E-state index in [2.05, 4.69) is 40.2 Å². The lowest BCUT2D eigenvalue weighted by molar-refractivity contribution is -0.598. The van der Waals surface area contributed by atoms with Crippen molar-refractivity contribution in [1.82, 2.24) is 0 Å². The highest BCUT2D eigenvalue weighted by Crippen LogP contribution is 2.38. The SMILES string of the molecule is CCOC(=O)Cc1c(C(=O)c2ccc(Br)cc2)sc(SC/C=C/c2ccccc2)c1-[n+]1ccccc1. The number of ketones is 1. The van der Waals surface area contributed by atoms with Crippen LogP contribution in [0, 0.1) is 0 Å². The van der Waals surface area contributed by atoms with E-state index in [9.17, 15) is 9.59 Å². The van der Waals surface area contributed by atoms with Gasteiger partial charge in [0.1, 0.15) is 4.21 Å². The molecule has 0 saturated carbocycles. The molecule has 0 spiro atoms. The molecule has 0 N–H and O–H groups in total. The third-order valence-corrected chi connectivity index (χ3v) is 8.24. The van der Waals surface area contributed by atoms with Crippen LogP contribution in [0.4, 0.5) is 0 Å². The Balaban J connectivity index is 1.75. The van der Waals surface area contributed by atoms with E-state index in [1.54, 1.807) is 30.8 Å². The molecule has 0 bridgehead atoms. The van der Waals surface area contributed by atoms with Crippen LogP contribution in [0.3, 0.4) is 0 Å². The number of aromatic nitrogens is 1. The second-order valence-electron chi connectivity index (χ2n) is 7.77. The summed E-state index contributed by atoms with van der Waals surface area (Å²) in [5.74, 6) is 0.273. The first-order valence-corrected chi connectivity index (χ1v) is 14.1. The van der Waals surface area contributed by atoms with Gasteiger partial charge >= 0.3 is 5.97 Å². The highest BCUT2D eigenvalue weighted by atomic mass is 79.9. The maximum absolute atomic E-state index is 13.6. The fourth-order valence-corrected chi connectivity index (χ4v) is 6.33. The Morgan fingerprint density at radius 2 is 1.69 bits per heavy atom. The zero-order chi connectivity index (χ0) is 25.3. The van der Waals surface area contributed by atoms with Gasteiger partial charge in [0.2, 0.25) is 11.5 Å². The third kappa shape index (κ3) is 6.60. The first-order chi connectivity index (χ1) is 17.6. The van der Waals surface area contributed by atoms with Crippen molar-refractivity contribution in [2.24, 2.45) is 0 Å². The molecule has 4 nitrogen and oxygen atoms in total. The molecule has 4 rings (SSSR count). The number of ether oxygens (including phenoxy) is 1. The lowest BCUT2D eigenvalue weighted by atomic mass is 10.0. The molecule has 0 unspecified atom stereocenters. The molecule has 7 heteroatoms. The summed E-state index contributed by atoms with van der Waals surface area (Å²) < 4.78 is 9.13. The Morgan fingerprint density at radius 3 is 2.39 bits per heavy atom. The summed E-state index contributed by atoms with van der Waals surface area (Å²) in [6, 6.07) is 23.2. The molecule has 2 heterocycles. The molecule has 0 radical (unpaired) electrons. The summed E-state index contributed by atoms with van der Waals surface area (Å²) in [5.41, 5.74) is 3.26. The molecule has 0 amide bonds. The van der Waals surface area contributed by atoms with Gasteiger partial charge in [0.15, 0.2) is 12.4 Å². The first-order valence-electron chi connectivity index (χ1n) is 11.5. The molecule has 0 aliphatic carbocycles. The number of halogens is 1. The normalized spacial score (nSPS) is 11.1. The quantitative estimate of drug-likeness (QED) is 0.0885. The second kappa shape index (κ2) is 12.8. The Morgan fingerprint density at radius 1 is 1.00 bits per heavy atom. The van der Waals surface area contributed by atoms with E-state index in [1.165, 1.54) is 11.3 Å². The van der Waals surface area contributed by atoms with Crippen LogP contribution in [-0.2, 0) is 16.0 Å². The maximum atomic E-state index is 13.6. The average Bonchev–Trinajstić information content (AvgIpc) is 3.25. The zero-order valence-corrected chi connectivity index (χ0v) is 22.9. The van der Waals surface area contributed by atoms with E-state index < -0.39 is 0 Å².